The average molecular weight is 354 g/mol. The first-order valence-electron chi connectivity index (χ1n) is 8.92. The minimum absolute atomic E-state index is 0. The number of nitrogens with zero attached hydrogens (tertiary/aromatic N) is 1. The van der Waals surface area contributed by atoms with Gasteiger partial charge in [-0.15, -0.1) is 12.4 Å². The van der Waals surface area contributed by atoms with E-state index in [4.69, 9.17) is 5.73 Å². The molecule has 5 heteroatoms. The van der Waals surface area contributed by atoms with Crippen LogP contribution in [0.3, 0.4) is 0 Å². The van der Waals surface area contributed by atoms with Crippen molar-refractivity contribution in [3.05, 3.63) is 35.4 Å². The van der Waals surface area contributed by atoms with Crippen LogP contribution in [-0.2, 0) is 11.2 Å². The van der Waals surface area contributed by atoms with E-state index in [1.54, 1.807) is 0 Å². The summed E-state index contributed by atoms with van der Waals surface area (Å²) in [7, 11) is 0. The molecule has 0 saturated carbocycles. The zero-order valence-electron chi connectivity index (χ0n) is 15.0. The predicted octanol–water partition coefficient (Wildman–Crippen LogP) is 2.91. The number of piperidine rings is 1. The summed E-state index contributed by atoms with van der Waals surface area (Å²) in [5.41, 5.74) is 8.12. The number of amides is 1. The Bertz CT molecular complexity index is 486. The predicted molar refractivity (Wildman–Crippen MR) is 102 cm³/mol. The zero-order chi connectivity index (χ0) is 16.7. The highest BCUT2D eigenvalue weighted by Crippen LogP contribution is 2.23. The molecule has 1 aliphatic rings. The second-order valence-corrected chi connectivity index (χ2v) is 6.78. The first kappa shape index (κ1) is 20.9. The van der Waals surface area contributed by atoms with E-state index < -0.39 is 0 Å². The maximum atomic E-state index is 11.5. The number of rotatable bonds is 8. The van der Waals surface area contributed by atoms with Crippen LogP contribution >= 0.6 is 12.4 Å². The van der Waals surface area contributed by atoms with Gasteiger partial charge in [0.15, 0.2) is 0 Å². The third-order valence-corrected chi connectivity index (χ3v) is 4.80. The molecule has 4 nitrogen and oxygen atoms in total. The van der Waals surface area contributed by atoms with E-state index in [1.165, 1.54) is 24.0 Å². The van der Waals surface area contributed by atoms with Crippen molar-refractivity contribution in [2.45, 2.75) is 45.6 Å². The lowest BCUT2D eigenvalue weighted by Gasteiger charge is -2.33. The van der Waals surface area contributed by atoms with E-state index >= 15 is 0 Å². The van der Waals surface area contributed by atoms with Crippen LogP contribution in [0.4, 0.5) is 0 Å². The SMILES string of the molecule is CCCc1ccc(C(C)N(CC(N)=O)CC2CCCNC2)cc1.Cl. The van der Waals surface area contributed by atoms with E-state index in [0.29, 0.717) is 12.5 Å². The van der Waals surface area contributed by atoms with Crippen LogP contribution in [0, 0.1) is 5.92 Å². The van der Waals surface area contributed by atoms with Crippen LogP contribution in [0.15, 0.2) is 24.3 Å². The highest BCUT2D eigenvalue weighted by Gasteiger charge is 2.23. The molecule has 2 unspecified atom stereocenters. The quantitative estimate of drug-likeness (QED) is 0.755. The van der Waals surface area contributed by atoms with Gasteiger partial charge in [-0.3, -0.25) is 9.69 Å². The molecule has 1 saturated heterocycles. The third kappa shape index (κ3) is 6.42. The zero-order valence-corrected chi connectivity index (χ0v) is 15.8. The Morgan fingerprint density at radius 1 is 1.38 bits per heavy atom. The van der Waals surface area contributed by atoms with E-state index in [2.05, 4.69) is 48.3 Å². The maximum Gasteiger partial charge on any atom is 0.231 e. The summed E-state index contributed by atoms with van der Waals surface area (Å²) in [6, 6.07) is 9.02. The Labute approximate surface area is 152 Å². The fourth-order valence-corrected chi connectivity index (χ4v) is 3.43. The molecule has 1 aromatic rings. The Balaban J connectivity index is 0.00000288. The van der Waals surface area contributed by atoms with Crippen LogP contribution in [0.1, 0.15) is 50.3 Å². The van der Waals surface area contributed by atoms with Crippen LogP contribution in [0.2, 0.25) is 0 Å². The van der Waals surface area contributed by atoms with E-state index in [-0.39, 0.29) is 24.4 Å². The molecule has 0 bridgehead atoms. The van der Waals surface area contributed by atoms with Crippen LogP contribution in [-0.4, -0.2) is 37.0 Å². The summed E-state index contributed by atoms with van der Waals surface area (Å²) >= 11 is 0. The molecular weight excluding hydrogens is 322 g/mol. The monoisotopic (exact) mass is 353 g/mol. The average Bonchev–Trinajstić information content (AvgIpc) is 2.55. The molecule has 3 N–H and O–H groups in total. The molecule has 1 aromatic carbocycles. The Hall–Kier alpha value is -1.10. The maximum absolute atomic E-state index is 11.5. The van der Waals surface area contributed by atoms with Crippen molar-refractivity contribution in [1.82, 2.24) is 10.2 Å². The van der Waals surface area contributed by atoms with Gasteiger partial charge in [-0.25, -0.2) is 0 Å². The third-order valence-electron chi connectivity index (χ3n) is 4.80. The lowest BCUT2D eigenvalue weighted by atomic mass is 9.97. The van der Waals surface area contributed by atoms with Crippen molar-refractivity contribution >= 4 is 18.3 Å². The van der Waals surface area contributed by atoms with Gasteiger partial charge < -0.3 is 11.1 Å². The molecule has 0 aromatic heterocycles. The molecule has 1 aliphatic heterocycles. The van der Waals surface area contributed by atoms with Crippen molar-refractivity contribution in [1.29, 1.82) is 0 Å². The van der Waals surface area contributed by atoms with Gasteiger partial charge in [-0.2, -0.15) is 0 Å². The minimum Gasteiger partial charge on any atom is -0.369 e. The first-order valence-corrected chi connectivity index (χ1v) is 8.92. The van der Waals surface area contributed by atoms with Gasteiger partial charge in [0, 0.05) is 12.6 Å². The minimum atomic E-state index is -0.247. The van der Waals surface area contributed by atoms with Crippen molar-refractivity contribution in [2.75, 3.05) is 26.2 Å². The van der Waals surface area contributed by atoms with Gasteiger partial charge in [0.05, 0.1) is 6.54 Å². The fraction of sp³-hybridized carbons (Fsp3) is 0.632. The summed E-state index contributed by atoms with van der Waals surface area (Å²) < 4.78 is 0. The molecule has 136 valence electrons. The van der Waals surface area contributed by atoms with E-state index in [1.807, 2.05) is 0 Å². The standard InChI is InChI=1S/C19H31N3O.ClH/c1-3-5-16-7-9-18(10-8-16)15(2)22(14-19(20)23)13-17-6-4-11-21-12-17;/h7-10,15,17,21H,3-6,11-14H2,1-2H3,(H2,20,23);1H. The number of nitrogens with one attached hydrogen (secondary N) is 1. The van der Waals surface area contributed by atoms with Gasteiger partial charge in [-0.1, -0.05) is 37.6 Å². The molecule has 0 radical (unpaired) electrons. The molecule has 2 rings (SSSR count). The number of hydrogen-bond acceptors (Lipinski definition) is 3. The first-order chi connectivity index (χ1) is 11.1. The highest BCUT2D eigenvalue weighted by molar-refractivity contribution is 5.85. The topological polar surface area (TPSA) is 58.4 Å². The summed E-state index contributed by atoms with van der Waals surface area (Å²) in [5.74, 6) is 0.355. The molecule has 0 aliphatic carbocycles. The number of hydrogen-bond donors (Lipinski definition) is 2. The summed E-state index contributed by atoms with van der Waals surface area (Å²) in [4.78, 5) is 13.7. The smallest absolute Gasteiger partial charge is 0.231 e. The number of carbonyl (C=O) groups is 1. The highest BCUT2D eigenvalue weighted by atomic mass is 35.5. The molecule has 24 heavy (non-hydrogen) atoms. The Morgan fingerprint density at radius 2 is 2.08 bits per heavy atom. The van der Waals surface area contributed by atoms with Crippen LogP contribution in [0.25, 0.3) is 0 Å². The van der Waals surface area contributed by atoms with E-state index in [0.717, 1.165) is 32.5 Å². The van der Waals surface area contributed by atoms with Crippen molar-refractivity contribution in [3.63, 3.8) is 0 Å². The van der Waals surface area contributed by atoms with Crippen molar-refractivity contribution in [3.8, 4) is 0 Å². The van der Waals surface area contributed by atoms with Crippen molar-refractivity contribution in [2.24, 2.45) is 11.7 Å². The largest absolute Gasteiger partial charge is 0.369 e. The normalized spacial score (nSPS) is 18.9. The van der Waals surface area contributed by atoms with Crippen LogP contribution < -0.4 is 11.1 Å². The summed E-state index contributed by atoms with van der Waals surface area (Å²) in [6.45, 7) is 7.78. The summed E-state index contributed by atoms with van der Waals surface area (Å²) in [5, 5.41) is 3.45. The second-order valence-electron chi connectivity index (χ2n) is 6.78. The van der Waals surface area contributed by atoms with E-state index in [9.17, 15) is 4.79 Å². The number of benzene rings is 1. The number of nitrogens with two attached hydrogens (primary N) is 1. The van der Waals surface area contributed by atoms with Gasteiger partial charge in [0.2, 0.25) is 5.91 Å². The number of halogens is 1. The van der Waals surface area contributed by atoms with Gasteiger partial charge in [0.1, 0.15) is 0 Å². The fourth-order valence-electron chi connectivity index (χ4n) is 3.43. The van der Waals surface area contributed by atoms with Crippen molar-refractivity contribution < 1.29 is 4.79 Å². The molecule has 0 spiro atoms. The Morgan fingerprint density at radius 3 is 2.62 bits per heavy atom. The molecular formula is C19H32ClN3O. The lowest BCUT2D eigenvalue weighted by molar-refractivity contribution is -0.119. The molecule has 1 heterocycles. The second kappa shape index (κ2) is 10.7. The Kier molecular flexibility index (Phi) is 9.34. The number of carbonyl (C=O) groups excluding carboxylic acids is 1. The number of aryl methyl sites for hydroxylation is 1. The van der Waals surface area contributed by atoms with Gasteiger partial charge in [0.25, 0.3) is 0 Å². The lowest BCUT2D eigenvalue weighted by Crippen LogP contribution is -2.42. The molecule has 1 amide bonds. The molecule has 1 fully saturated rings. The van der Waals surface area contributed by atoms with Gasteiger partial charge in [-0.05, 0) is 56.3 Å². The van der Waals surface area contributed by atoms with Gasteiger partial charge >= 0.3 is 0 Å². The number of primary amides is 1. The molecule has 2 atom stereocenters. The summed E-state index contributed by atoms with van der Waals surface area (Å²) in [6.07, 6.45) is 4.73. The van der Waals surface area contributed by atoms with Crippen LogP contribution in [0.5, 0.6) is 0 Å².